The van der Waals surface area contributed by atoms with Crippen LogP contribution in [-0.4, -0.2) is 36.1 Å². The number of carbonyl (C=O) groups is 2. The Bertz CT molecular complexity index is 1160. The second-order valence-electron chi connectivity index (χ2n) is 7.92. The first-order chi connectivity index (χ1) is 15.9. The van der Waals surface area contributed by atoms with Gasteiger partial charge in [0.25, 0.3) is 5.91 Å². The number of ether oxygens (including phenoxy) is 2. The highest BCUT2D eigenvalue weighted by Gasteiger charge is 2.37. The van der Waals surface area contributed by atoms with Gasteiger partial charge in [0.2, 0.25) is 5.91 Å². The van der Waals surface area contributed by atoms with Gasteiger partial charge in [-0.3, -0.25) is 14.5 Å². The molecule has 0 bridgehead atoms. The summed E-state index contributed by atoms with van der Waals surface area (Å²) in [6.45, 7) is 5.53. The van der Waals surface area contributed by atoms with E-state index < -0.39 is 12.1 Å². The lowest BCUT2D eigenvalue weighted by Gasteiger charge is -2.36. The molecule has 4 rings (SSSR count). The molecule has 0 fully saturated rings. The molecule has 7 nitrogen and oxygen atoms in total. The molecule has 0 radical (unpaired) electrons. The zero-order valence-electron chi connectivity index (χ0n) is 19.1. The highest BCUT2D eigenvalue weighted by atomic mass is 32.1. The van der Waals surface area contributed by atoms with Crippen LogP contribution in [-0.2, 0) is 16.0 Å². The van der Waals surface area contributed by atoms with Crippen LogP contribution in [0.15, 0.2) is 47.8 Å². The minimum Gasteiger partial charge on any atom is -0.497 e. The average Bonchev–Trinajstić information content (AvgIpc) is 3.29. The lowest BCUT2D eigenvalue weighted by Crippen LogP contribution is -2.52. The fourth-order valence-electron chi connectivity index (χ4n) is 3.73. The topological polar surface area (TPSA) is 80.8 Å². The minimum atomic E-state index is -0.744. The standard InChI is InChI=1S/C25H27N3O4S/c1-5-6-23-27-20(14-33-23)17-7-12-22-21(13-17)28(25(30)16(3)32-22)15(2)24(29)26-18-8-10-19(31-4)11-9-18/h7-16H,5-6H2,1-4H3,(H,26,29). The van der Waals surface area contributed by atoms with Gasteiger partial charge in [-0.2, -0.15) is 0 Å². The largest absolute Gasteiger partial charge is 0.497 e. The summed E-state index contributed by atoms with van der Waals surface area (Å²) >= 11 is 1.63. The fraction of sp³-hybridized carbons (Fsp3) is 0.320. The predicted octanol–water partition coefficient (Wildman–Crippen LogP) is 4.91. The van der Waals surface area contributed by atoms with Crippen molar-refractivity contribution < 1.29 is 19.1 Å². The van der Waals surface area contributed by atoms with Crippen LogP contribution in [0, 0.1) is 0 Å². The Kier molecular flexibility index (Phi) is 6.65. The lowest BCUT2D eigenvalue weighted by atomic mass is 10.1. The monoisotopic (exact) mass is 465 g/mol. The first-order valence-electron chi connectivity index (χ1n) is 10.9. The summed E-state index contributed by atoms with van der Waals surface area (Å²) in [4.78, 5) is 32.4. The highest BCUT2D eigenvalue weighted by Crippen LogP contribution is 2.39. The molecule has 8 heteroatoms. The van der Waals surface area contributed by atoms with E-state index in [1.165, 1.54) is 4.90 Å². The van der Waals surface area contributed by atoms with Crippen molar-refractivity contribution in [2.45, 2.75) is 45.8 Å². The van der Waals surface area contributed by atoms with Crippen LogP contribution in [0.1, 0.15) is 32.2 Å². The second-order valence-corrected chi connectivity index (χ2v) is 8.86. The van der Waals surface area contributed by atoms with Gasteiger partial charge in [-0.05, 0) is 69.2 Å². The normalized spacial score (nSPS) is 16.1. The highest BCUT2D eigenvalue weighted by molar-refractivity contribution is 7.09. The van der Waals surface area contributed by atoms with E-state index in [9.17, 15) is 9.59 Å². The number of benzene rings is 2. The molecule has 2 atom stereocenters. The van der Waals surface area contributed by atoms with Gasteiger partial charge in [0.05, 0.1) is 23.5 Å². The van der Waals surface area contributed by atoms with Gasteiger partial charge >= 0.3 is 0 Å². The van der Waals surface area contributed by atoms with Crippen molar-refractivity contribution in [3.05, 3.63) is 52.9 Å². The molecule has 1 N–H and O–H groups in total. The Hall–Kier alpha value is -3.39. The van der Waals surface area contributed by atoms with Crippen LogP contribution in [0.25, 0.3) is 11.3 Å². The van der Waals surface area contributed by atoms with Crippen LogP contribution in [0.4, 0.5) is 11.4 Å². The van der Waals surface area contributed by atoms with Crippen LogP contribution < -0.4 is 19.7 Å². The Labute approximate surface area is 197 Å². The molecule has 0 saturated carbocycles. The number of thiazole rings is 1. The molecule has 2 amide bonds. The number of amides is 2. The molecule has 1 aliphatic heterocycles. The summed E-state index contributed by atoms with van der Waals surface area (Å²) in [5, 5.41) is 5.98. The minimum absolute atomic E-state index is 0.262. The second kappa shape index (κ2) is 9.62. The maximum Gasteiger partial charge on any atom is 0.268 e. The molecule has 0 aliphatic carbocycles. The van der Waals surface area contributed by atoms with Gasteiger partial charge < -0.3 is 14.8 Å². The number of methoxy groups -OCH3 is 1. The van der Waals surface area contributed by atoms with Crippen LogP contribution in [0.5, 0.6) is 11.5 Å². The third kappa shape index (κ3) is 4.71. The predicted molar refractivity (Wildman–Crippen MR) is 130 cm³/mol. The van der Waals surface area contributed by atoms with E-state index >= 15 is 0 Å². The van der Waals surface area contributed by atoms with Gasteiger partial charge in [-0.15, -0.1) is 11.3 Å². The maximum absolute atomic E-state index is 13.1. The first-order valence-corrected chi connectivity index (χ1v) is 11.8. The molecular formula is C25H27N3O4S. The Morgan fingerprint density at radius 3 is 2.73 bits per heavy atom. The van der Waals surface area contributed by atoms with E-state index in [-0.39, 0.29) is 11.8 Å². The summed E-state index contributed by atoms with van der Waals surface area (Å²) < 4.78 is 11.0. The number of rotatable bonds is 7. The smallest absolute Gasteiger partial charge is 0.268 e. The first kappa shape index (κ1) is 22.8. The van der Waals surface area contributed by atoms with E-state index in [0.717, 1.165) is 29.1 Å². The zero-order chi connectivity index (χ0) is 23.5. The lowest BCUT2D eigenvalue weighted by molar-refractivity contribution is -0.128. The van der Waals surface area contributed by atoms with Crippen molar-refractivity contribution in [2.24, 2.45) is 0 Å². The van der Waals surface area contributed by atoms with Crippen LogP contribution in [0.2, 0.25) is 0 Å². The molecule has 0 spiro atoms. The van der Waals surface area contributed by atoms with E-state index in [0.29, 0.717) is 22.9 Å². The van der Waals surface area contributed by atoms with Gasteiger partial charge in [0.15, 0.2) is 6.10 Å². The van der Waals surface area contributed by atoms with E-state index in [1.54, 1.807) is 56.6 Å². The van der Waals surface area contributed by atoms with E-state index in [2.05, 4.69) is 12.2 Å². The number of fused-ring (bicyclic) bond motifs is 1. The number of nitrogens with zero attached hydrogens (tertiary/aromatic N) is 2. The molecule has 172 valence electrons. The molecule has 3 aromatic rings. The SMILES string of the molecule is CCCc1nc(-c2ccc3c(c2)N(C(C)C(=O)Nc2ccc(OC)cc2)C(=O)C(C)O3)cs1. The molecule has 2 heterocycles. The number of hydrogen-bond acceptors (Lipinski definition) is 6. The van der Waals surface area contributed by atoms with Gasteiger partial charge in [0, 0.05) is 16.6 Å². The molecule has 0 saturated heterocycles. The number of nitrogens with one attached hydrogen (secondary N) is 1. The summed E-state index contributed by atoms with van der Waals surface area (Å²) in [6.07, 6.45) is 1.28. The number of anilines is 2. The molecule has 1 aliphatic rings. The summed E-state index contributed by atoms with van der Waals surface area (Å²) in [6, 6.07) is 12.0. The maximum atomic E-state index is 13.1. The fourth-order valence-corrected chi connectivity index (χ4v) is 4.64. The van der Waals surface area contributed by atoms with E-state index in [4.69, 9.17) is 14.5 Å². The van der Waals surface area contributed by atoms with Crippen molar-refractivity contribution in [3.8, 4) is 22.8 Å². The summed E-state index contributed by atoms with van der Waals surface area (Å²) in [5.41, 5.74) is 2.93. The number of carbonyl (C=O) groups excluding carboxylic acids is 2. The Morgan fingerprint density at radius 2 is 2.03 bits per heavy atom. The van der Waals surface area contributed by atoms with Crippen molar-refractivity contribution in [2.75, 3.05) is 17.3 Å². The quantitative estimate of drug-likeness (QED) is 0.536. The zero-order valence-corrected chi connectivity index (χ0v) is 19.9. The molecule has 2 unspecified atom stereocenters. The summed E-state index contributed by atoms with van der Waals surface area (Å²) in [5.74, 6) is 0.711. The average molecular weight is 466 g/mol. The number of aromatic nitrogens is 1. The molecule has 2 aromatic carbocycles. The van der Waals surface area contributed by atoms with Gasteiger partial charge in [0.1, 0.15) is 17.5 Å². The third-order valence-electron chi connectivity index (χ3n) is 5.54. The summed E-state index contributed by atoms with van der Waals surface area (Å²) in [7, 11) is 1.59. The molecule has 1 aromatic heterocycles. The Balaban J connectivity index is 1.63. The Morgan fingerprint density at radius 1 is 1.27 bits per heavy atom. The third-order valence-corrected chi connectivity index (χ3v) is 6.45. The van der Waals surface area contributed by atoms with Crippen molar-refractivity contribution in [3.63, 3.8) is 0 Å². The van der Waals surface area contributed by atoms with Crippen molar-refractivity contribution in [1.29, 1.82) is 0 Å². The van der Waals surface area contributed by atoms with Crippen molar-refractivity contribution >= 4 is 34.5 Å². The van der Waals surface area contributed by atoms with Gasteiger partial charge in [-0.1, -0.05) is 6.92 Å². The van der Waals surface area contributed by atoms with Crippen LogP contribution in [0.3, 0.4) is 0 Å². The molecular weight excluding hydrogens is 438 g/mol. The molecule has 33 heavy (non-hydrogen) atoms. The van der Waals surface area contributed by atoms with Crippen LogP contribution >= 0.6 is 11.3 Å². The number of aryl methyl sites for hydroxylation is 1. The van der Waals surface area contributed by atoms with Crippen molar-refractivity contribution in [1.82, 2.24) is 4.98 Å². The van der Waals surface area contributed by atoms with Gasteiger partial charge in [-0.25, -0.2) is 4.98 Å². The van der Waals surface area contributed by atoms with E-state index in [1.807, 2.05) is 23.6 Å². The number of hydrogen-bond donors (Lipinski definition) is 1.